The third-order valence-electron chi connectivity index (χ3n) is 4.59. The van der Waals surface area contributed by atoms with Crippen LogP contribution in [-0.4, -0.2) is 54.2 Å². The van der Waals surface area contributed by atoms with Crippen LogP contribution in [0.1, 0.15) is 44.9 Å². The van der Waals surface area contributed by atoms with Gasteiger partial charge >= 0.3 is 12.0 Å². The van der Waals surface area contributed by atoms with Crippen molar-refractivity contribution in [1.82, 2.24) is 15.5 Å². The lowest BCUT2D eigenvalue weighted by molar-refractivity contribution is -0.141. The molecule has 21 heavy (non-hydrogen) atoms. The van der Waals surface area contributed by atoms with E-state index >= 15 is 0 Å². The molecule has 6 nitrogen and oxygen atoms in total. The number of urea groups is 1. The minimum absolute atomic E-state index is 0.0659. The summed E-state index contributed by atoms with van der Waals surface area (Å²) in [5, 5.41) is 14.7. The summed E-state index contributed by atoms with van der Waals surface area (Å²) < 4.78 is 0. The Bertz CT molecular complexity index is 365. The van der Waals surface area contributed by atoms with Crippen molar-refractivity contribution >= 4 is 12.0 Å². The van der Waals surface area contributed by atoms with Crippen molar-refractivity contribution in [2.75, 3.05) is 20.1 Å². The zero-order valence-corrected chi connectivity index (χ0v) is 12.8. The minimum atomic E-state index is -0.924. The van der Waals surface area contributed by atoms with E-state index < -0.39 is 12.0 Å². The second-order valence-electron chi connectivity index (χ2n) is 6.33. The van der Waals surface area contributed by atoms with Crippen molar-refractivity contribution in [1.29, 1.82) is 0 Å². The van der Waals surface area contributed by atoms with E-state index in [1.54, 1.807) is 0 Å². The molecule has 1 atom stereocenters. The predicted octanol–water partition coefficient (Wildman–Crippen LogP) is 1.41. The summed E-state index contributed by atoms with van der Waals surface area (Å²) >= 11 is 0. The average molecular weight is 297 g/mol. The number of carbonyl (C=O) groups is 2. The van der Waals surface area contributed by atoms with E-state index in [0.29, 0.717) is 12.6 Å². The Morgan fingerprint density at radius 1 is 1.19 bits per heavy atom. The summed E-state index contributed by atoms with van der Waals surface area (Å²) in [6.07, 6.45) is 7.55. The van der Waals surface area contributed by atoms with E-state index in [4.69, 9.17) is 0 Å². The summed E-state index contributed by atoms with van der Waals surface area (Å²) in [7, 11) is 2.05. The molecule has 6 heteroatoms. The van der Waals surface area contributed by atoms with Gasteiger partial charge in [-0.25, -0.2) is 9.59 Å². The molecule has 0 aliphatic heterocycles. The van der Waals surface area contributed by atoms with Crippen LogP contribution in [0.15, 0.2) is 0 Å². The van der Waals surface area contributed by atoms with Crippen LogP contribution < -0.4 is 10.6 Å². The van der Waals surface area contributed by atoms with Gasteiger partial charge in [0.1, 0.15) is 6.04 Å². The molecule has 120 valence electrons. The highest BCUT2D eigenvalue weighted by Gasteiger charge is 2.30. The minimum Gasteiger partial charge on any atom is -0.480 e. The summed E-state index contributed by atoms with van der Waals surface area (Å²) in [5.41, 5.74) is 0. The highest BCUT2D eigenvalue weighted by molar-refractivity contribution is 5.82. The average Bonchev–Trinajstić information content (AvgIpc) is 3.30. The van der Waals surface area contributed by atoms with Gasteiger partial charge in [-0.05, 0) is 38.6 Å². The zero-order chi connectivity index (χ0) is 15.2. The normalized spacial score (nSPS) is 21.0. The topological polar surface area (TPSA) is 81.7 Å². The van der Waals surface area contributed by atoms with Gasteiger partial charge in [0, 0.05) is 19.1 Å². The molecule has 2 rings (SSSR count). The lowest BCUT2D eigenvalue weighted by Gasteiger charge is -2.28. The molecule has 0 aromatic carbocycles. The number of nitrogens with one attached hydrogen (secondary N) is 2. The molecule has 2 saturated carbocycles. The molecule has 0 radical (unpaired) electrons. The summed E-state index contributed by atoms with van der Waals surface area (Å²) in [5.74, 6) is -0.858. The molecule has 0 spiro atoms. The SMILES string of the molecule is CN(CCNC(=O)NC(C(=O)O)C1CCCCC1)C1CC1. The molecular weight excluding hydrogens is 270 g/mol. The van der Waals surface area contributed by atoms with Gasteiger partial charge in [-0.3, -0.25) is 0 Å². The van der Waals surface area contributed by atoms with Crippen LogP contribution in [0.2, 0.25) is 0 Å². The second-order valence-corrected chi connectivity index (χ2v) is 6.33. The number of nitrogens with zero attached hydrogens (tertiary/aromatic N) is 1. The smallest absolute Gasteiger partial charge is 0.326 e. The number of carboxylic acid groups (broad SMARTS) is 1. The van der Waals surface area contributed by atoms with Crippen LogP contribution in [0.3, 0.4) is 0 Å². The Balaban J connectivity index is 1.71. The van der Waals surface area contributed by atoms with Gasteiger partial charge in [-0.15, -0.1) is 0 Å². The number of hydrogen-bond acceptors (Lipinski definition) is 3. The van der Waals surface area contributed by atoms with Gasteiger partial charge in [0.25, 0.3) is 0 Å². The molecule has 2 fully saturated rings. The lowest BCUT2D eigenvalue weighted by Crippen LogP contribution is -2.51. The van der Waals surface area contributed by atoms with Crippen LogP contribution in [0.4, 0.5) is 4.79 Å². The summed E-state index contributed by atoms with van der Waals surface area (Å²) in [4.78, 5) is 25.5. The fraction of sp³-hybridized carbons (Fsp3) is 0.867. The number of aliphatic carboxylic acids is 1. The highest BCUT2D eigenvalue weighted by atomic mass is 16.4. The number of amides is 2. The molecule has 3 N–H and O–H groups in total. The maximum Gasteiger partial charge on any atom is 0.326 e. The maximum absolute atomic E-state index is 11.9. The Morgan fingerprint density at radius 3 is 2.43 bits per heavy atom. The van der Waals surface area contributed by atoms with Crippen molar-refractivity contribution in [3.8, 4) is 0 Å². The molecule has 1 unspecified atom stereocenters. The second kappa shape index (κ2) is 7.64. The van der Waals surface area contributed by atoms with E-state index in [1.807, 2.05) is 0 Å². The van der Waals surface area contributed by atoms with Gasteiger partial charge in [0.05, 0.1) is 0 Å². The number of rotatable bonds is 7. The molecule has 0 saturated heterocycles. The molecule has 2 amide bonds. The first-order valence-electron chi connectivity index (χ1n) is 8.05. The first kappa shape index (κ1) is 16.1. The van der Waals surface area contributed by atoms with E-state index in [-0.39, 0.29) is 11.9 Å². The van der Waals surface area contributed by atoms with Crippen molar-refractivity contribution in [3.05, 3.63) is 0 Å². The van der Waals surface area contributed by atoms with Gasteiger partial charge in [-0.2, -0.15) is 0 Å². The molecular formula is C15H27N3O3. The van der Waals surface area contributed by atoms with Crippen LogP contribution in [-0.2, 0) is 4.79 Å². The van der Waals surface area contributed by atoms with Crippen molar-refractivity contribution in [2.45, 2.75) is 57.0 Å². The van der Waals surface area contributed by atoms with E-state index in [1.165, 1.54) is 19.3 Å². The van der Waals surface area contributed by atoms with Gasteiger partial charge in [0.15, 0.2) is 0 Å². The molecule has 2 aliphatic rings. The van der Waals surface area contributed by atoms with Crippen LogP contribution in [0.5, 0.6) is 0 Å². The lowest BCUT2D eigenvalue weighted by atomic mass is 9.84. The fourth-order valence-corrected chi connectivity index (χ4v) is 3.08. The standard InChI is InChI=1S/C15H27N3O3/c1-18(12-7-8-12)10-9-16-15(21)17-13(14(19)20)11-5-3-2-4-6-11/h11-13H,2-10H2,1H3,(H,19,20)(H2,16,17,21). The monoisotopic (exact) mass is 297 g/mol. The first-order chi connectivity index (χ1) is 10.1. The Labute approximate surface area is 126 Å². The van der Waals surface area contributed by atoms with E-state index in [0.717, 1.165) is 32.2 Å². The molecule has 2 aliphatic carbocycles. The predicted molar refractivity (Wildman–Crippen MR) is 80.2 cm³/mol. The van der Waals surface area contributed by atoms with E-state index in [2.05, 4.69) is 22.6 Å². The molecule has 0 heterocycles. The summed E-state index contributed by atoms with van der Waals surface area (Å²) in [6, 6.07) is -0.451. The number of hydrogen-bond donors (Lipinski definition) is 3. The first-order valence-corrected chi connectivity index (χ1v) is 8.05. The number of carbonyl (C=O) groups excluding carboxylic acids is 1. The van der Waals surface area contributed by atoms with Gasteiger partial charge in [-0.1, -0.05) is 19.3 Å². The van der Waals surface area contributed by atoms with Crippen molar-refractivity contribution in [2.24, 2.45) is 5.92 Å². The zero-order valence-electron chi connectivity index (χ0n) is 12.8. The van der Waals surface area contributed by atoms with Crippen LogP contribution in [0.25, 0.3) is 0 Å². The number of likely N-dealkylation sites (N-methyl/N-ethyl adjacent to an activating group) is 1. The Hall–Kier alpha value is -1.30. The molecule has 0 aromatic heterocycles. The van der Waals surface area contributed by atoms with Gasteiger partial charge < -0.3 is 20.6 Å². The third-order valence-corrected chi connectivity index (χ3v) is 4.59. The largest absolute Gasteiger partial charge is 0.480 e. The molecule has 0 bridgehead atoms. The quantitative estimate of drug-likeness (QED) is 0.663. The number of carboxylic acids is 1. The van der Waals surface area contributed by atoms with Crippen molar-refractivity contribution < 1.29 is 14.7 Å². The Morgan fingerprint density at radius 2 is 1.86 bits per heavy atom. The van der Waals surface area contributed by atoms with Gasteiger partial charge in [0.2, 0.25) is 0 Å². The van der Waals surface area contributed by atoms with Crippen LogP contribution >= 0.6 is 0 Å². The van der Waals surface area contributed by atoms with Crippen LogP contribution in [0, 0.1) is 5.92 Å². The molecule has 0 aromatic rings. The maximum atomic E-state index is 11.9. The fourth-order valence-electron chi connectivity index (χ4n) is 3.08. The van der Waals surface area contributed by atoms with Crippen molar-refractivity contribution in [3.63, 3.8) is 0 Å². The highest BCUT2D eigenvalue weighted by Crippen LogP contribution is 2.26. The van der Waals surface area contributed by atoms with E-state index in [9.17, 15) is 14.7 Å². The summed E-state index contributed by atoms with van der Waals surface area (Å²) in [6.45, 7) is 1.36. The Kier molecular flexibility index (Phi) is 5.85. The third kappa shape index (κ3) is 5.19.